The van der Waals surface area contributed by atoms with Gasteiger partial charge in [0.15, 0.2) is 5.96 Å². The van der Waals surface area contributed by atoms with Crippen LogP contribution in [-0.2, 0) is 6.18 Å². The molecule has 0 radical (unpaired) electrons. The molecule has 24 heavy (non-hydrogen) atoms. The van der Waals surface area contributed by atoms with Crippen molar-refractivity contribution < 1.29 is 17.9 Å². The molecule has 1 saturated carbocycles. The van der Waals surface area contributed by atoms with Crippen molar-refractivity contribution in [2.45, 2.75) is 37.9 Å². The number of aromatic nitrogens is 1. The lowest BCUT2D eigenvalue weighted by Gasteiger charge is -2.17. The van der Waals surface area contributed by atoms with Gasteiger partial charge in [-0.15, -0.1) is 0 Å². The first kappa shape index (κ1) is 18.6. The molecule has 2 N–H and O–H groups in total. The van der Waals surface area contributed by atoms with Crippen molar-refractivity contribution in [3.63, 3.8) is 0 Å². The number of rotatable bonds is 5. The van der Waals surface area contributed by atoms with Gasteiger partial charge in [-0.1, -0.05) is 24.4 Å². The van der Waals surface area contributed by atoms with Crippen molar-refractivity contribution in [1.29, 1.82) is 0 Å². The first-order chi connectivity index (χ1) is 11.4. The van der Waals surface area contributed by atoms with Crippen LogP contribution in [0.5, 0.6) is 5.88 Å². The fraction of sp³-hybridized carbons (Fsp3) is 0.600. The zero-order valence-corrected chi connectivity index (χ0v) is 14.0. The molecule has 1 aliphatic rings. The molecule has 1 aromatic rings. The van der Waals surface area contributed by atoms with Crippen LogP contribution in [0.15, 0.2) is 17.3 Å². The van der Waals surface area contributed by atoms with Crippen LogP contribution in [0.3, 0.4) is 0 Å². The van der Waals surface area contributed by atoms with E-state index in [-0.39, 0.29) is 17.5 Å². The van der Waals surface area contributed by atoms with Crippen molar-refractivity contribution in [2.75, 3.05) is 20.2 Å². The van der Waals surface area contributed by atoms with Crippen LogP contribution in [-0.4, -0.2) is 37.2 Å². The Morgan fingerprint density at radius 2 is 2.12 bits per heavy atom. The number of alkyl halides is 3. The summed E-state index contributed by atoms with van der Waals surface area (Å²) < 4.78 is 42.9. The number of nitrogens with zero attached hydrogens (tertiary/aromatic N) is 2. The number of nitrogens with one attached hydrogen (secondary N) is 2. The topological polar surface area (TPSA) is 58.5 Å². The highest BCUT2D eigenvalue weighted by molar-refractivity contribution is 6.31. The van der Waals surface area contributed by atoms with E-state index in [0.717, 1.165) is 18.9 Å². The summed E-state index contributed by atoms with van der Waals surface area (Å²) in [5.41, 5.74) is -0.904. The molecule has 9 heteroatoms. The normalized spacial score (nSPS) is 16.3. The summed E-state index contributed by atoms with van der Waals surface area (Å²) in [6.07, 6.45) is 0.917. The summed E-state index contributed by atoms with van der Waals surface area (Å²) in [5, 5.41) is 6.23. The minimum atomic E-state index is -4.48. The van der Waals surface area contributed by atoms with E-state index in [2.05, 4.69) is 20.6 Å². The van der Waals surface area contributed by atoms with Crippen molar-refractivity contribution in [1.82, 2.24) is 15.6 Å². The lowest BCUT2D eigenvalue weighted by molar-refractivity contribution is -0.137. The molecule has 1 aliphatic carbocycles. The molecule has 1 heterocycles. The second-order valence-electron chi connectivity index (χ2n) is 5.48. The Kier molecular flexibility index (Phi) is 6.53. The van der Waals surface area contributed by atoms with Gasteiger partial charge >= 0.3 is 6.18 Å². The Balaban J connectivity index is 1.77. The number of hydrogen-bond acceptors (Lipinski definition) is 3. The largest absolute Gasteiger partial charge is 0.475 e. The third kappa shape index (κ3) is 5.43. The zero-order chi connectivity index (χ0) is 17.6. The Bertz CT molecular complexity index is 574. The Labute approximate surface area is 143 Å². The fourth-order valence-corrected chi connectivity index (χ4v) is 2.68. The fourth-order valence-electron chi connectivity index (χ4n) is 2.46. The summed E-state index contributed by atoms with van der Waals surface area (Å²) in [5.74, 6) is 0.655. The highest BCUT2D eigenvalue weighted by Gasteiger charge is 2.31. The van der Waals surface area contributed by atoms with Crippen molar-refractivity contribution in [2.24, 2.45) is 4.99 Å². The maximum absolute atomic E-state index is 12.5. The number of ether oxygens (including phenoxy) is 1. The minimum Gasteiger partial charge on any atom is -0.475 e. The number of aliphatic imine (C=N–C) groups is 1. The van der Waals surface area contributed by atoms with E-state index in [1.165, 1.54) is 12.8 Å². The first-order valence-corrected chi connectivity index (χ1v) is 8.10. The summed E-state index contributed by atoms with van der Waals surface area (Å²) in [4.78, 5) is 7.74. The lowest BCUT2D eigenvalue weighted by atomic mass is 10.2. The lowest BCUT2D eigenvalue weighted by Crippen LogP contribution is -2.43. The number of hydrogen-bond donors (Lipinski definition) is 2. The van der Waals surface area contributed by atoms with E-state index in [9.17, 15) is 13.2 Å². The van der Waals surface area contributed by atoms with Gasteiger partial charge in [0.1, 0.15) is 11.6 Å². The second-order valence-corrected chi connectivity index (χ2v) is 5.89. The third-order valence-corrected chi connectivity index (χ3v) is 3.96. The molecule has 0 spiro atoms. The monoisotopic (exact) mass is 364 g/mol. The molecule has 0 atom stereocenters. The van der Waals surface area contributed by atoms with Crippen LogP contribution >= 0.6 is 11.6 Å². The van der Waals surface area contributed by atoms with Crippen LogP contribution in [0.2, 0.25) is 5.02 Å². The predicted octanol–water partition coefficient (Wildman–Crippen LogP) is 3.24. The summed E-state index contributed by atoms with van der Waals surface area (Å²) in [6.45, 7) is 0.620. The summed E-state index contributed by atoms with van der Waals surface area (Å²) >= 11 is 5.77. The molecule has 0 amide bonds. The standard InChI is InChI=1S/C15H20ClF3N4O/c1-20-14(23-11-4-2-3-5-11)21-6-7-24-13-12(16)8-10(9-22-13)15(17,18)19/h8-9,11H,2-7H2,1H3,(H2,20,21,23). The van der Waals surface area contributed by atoms with Gasteiger partial charge in [0.05, 0.1) is 12.1 Å². The molecule has 134 valence electrons. The quantitative estimate of drug-likeness (QED) is 0.478. The van der Waals surface area contributed by atoms with Gasteiger partial charge in [-0.25, -0.2) is 4.98 Å². The van der Waals surface area contributed by atoms with Crippen LogP contribution in [0.1, 0.15) is 31.2 Å². The van der Waals surface area contributed by atoms with E-state index < -0.39 is 11.7 Å². The van der Waals surface area contributed by atoms with Crippen LogP contribution in [0.25, 0.3) is 0 Å². The van der Waals surface area contributed by atoms with Gasteiger partial charge in [-0.2, -0.15) is 13.2 Å². The average Bonchev–Trinajstić information content (AvgIpc) is 3.03. The van der Waals surface area contributed by atoms with Crippen molar-refractivity contribution in [3.05, 3.63) is 22.8 Å². The van der Waals surface area contributed by atoms with Gasteiger partial charge in [0, 0.05) is 19.3 Å². The maximum Gasteiger partial charge on any atom is 0.417 e. The van der Waals surface area contributed by atoms with Gasteiger partial charge < -0.3 is 15.4 Å². The smallest absolute Gasteiger partial charge is 0.417 e. The number of guanidine groups is 1. The Morgan fingerprint density at radius 1 is 1.42 bits per heavy atom. The molecule has 1 aromatic heterocycles. The minimum absolute atomic E-state index is 0.0230. The molecule has 5 nitrogen and oxygen atoms in total. The predicted molar refractivity (Wildman–Crippen MR) is 86.5 cm³/mol. The van der Waals surface area contributed by atoms with Crippen molar-refractivity contribution in [3.8, 4) is 5.88 Å². The summed E-state index contributed by atoms with van der Waals surface area (Å²) in [7, 11) is 1.68. The number of halogens is 4. The van der Waals surface area contributed by atoms with E-state index >= 15 is 0 Å². The third-order valence-electron chi connectivity index (χ3n) is 3.69. The van der Waals surface area contributed by atoms with Gasteiger partial charge in [-0.3, -0.25) is 4.99 Å². The SMILES string of the molecule is CN=C(NCCOc1ncc(C(F)(F)F)cc1Cl)NC1CCCC1. The Hall–Kier alpha value is -1.70. The molecule has 2 rings (SSSR count). The molecular formula is C15H20ClF3N4O. The first-order valence-electron chi connectivity index (χ1n) is 7.73. The average molecular weight is 365 g/mol. The molecule has 0 aromatic carbocycles. The molecule has 0 unspecified atom stereocenters. The van der Waals surface area contributed by atoms with E-state index in [0.29, 0.717) is 24.7 Å². The van der Waals surface area contributed by atoms with Crippen LogP contribution in [0.4, 0.5) is 13.2 Å². The highest BCUT2D eigenvalue weighted by atomic mass is 35.5. The van der Waals surface area contributed by atoms with E-state index in [1.807, 2.05) is 0 Å². The maximum atomic E-state index is 12.5. The molecule has 0 saturated heterocycles. The van der Waals surface area contributed by atoms with Crippen LogP contribution in [0, 0.1) is 0 Å². The molecule has 0 bridgehead atoms. The zero-order valence-electron chi connectivity index (χ0n) is 13.3. The Morgan fingerprint density at radius 3 is 2.71 bits per heavy atom. The van der Waals surface area contributed by atoms with Crippen molar-refractivity contribution >= 4 is 17.6 Å². The highest BCUT2D eigenvalue weighted by Crippen LogP contribution is 2.32. The molecule has 1 fully saturated rings. The number of pyridine rings is 1. The molecular weight excluding hydrogens is 345 g/mol. The van der Waals surface area contributed by atoms with Gasteiger partial charge in [0.25, 0.3) is 0 Å². The van der Waals surface area contributed by atoms with Crippen LogP contribution < -0.4 is 15.4 Å². The van der Waals surface area contributed by atoms with Gasteiger partial charge in [0.2, 0.25) is 5.88 Å². The molecule has 0 aliphatic heterocycles. The van der Waals surface area contributed by atoms with E-state index in [1.54, 1.807) is 7.05 Å². The summed E-state index contributed by atoms with van der Waals surface area (Å²) in [6, 6.07) is 1.24. The second kappa shape index (κ2) is 8.41. The van der Waals surface area contributed by atoms with Gasteiger partial charge in [-0.05, 0) is 18.9 Å². The van der Waals surface area contributed by atoms with E-state index in [4.69, 9.17) is 16.3 Å².